The van der Waals surface area contributed by atoms with Gasteiger partial charge in [0.1, 0.15) is 5.82 Å². The molecule has 0 aliphatic heterocycles. The molecule has 0 saturated carbocycles. The summed E-state index contributed by atoms with van der Waals surface area (Å²) in [5.74, 6) is -0.265. The normalized spacial score (nSPS) is 10.4. The van der Waals surface area contributed by atoms with Gasteiger partial charge in [-0.2, -0.15) is 0 Å². The van der Waals surface area contributed by atoms with E-state index >= 15 is 0 Å². The Morgan fingerprint density at radius 1 is 1.38 bits per heavy atom. The van der Waals surface area contributed by atoms with Gasteiger partial charge >= 0.3 is 0 Å². The predicted octanol–water partition coefficient (Wildman–Crippen LogP) is 2.63. The maximum Gasteiger partial charge on any atom is 0.124 e. The first-order valence-corrected chi connectivity index (χ1v) is 4.76. The monoisotopic (exact) mass is 201 g/mol. The molecule has 0 amide bonds. The Bertz CT molecular complexity index is 255. The van der Waals surface area contributed by atoms with Crippen LogP contribution in [0.5, 0.6) is 0 Å². The lowest BCUT2D eigenvalue weighted by atomic mass is 10.1. The molecule has 0 heterocycles. The molecule has 0 spiro atoms. The highest BCUT2D eigenvalue weighted by molar-refractivity contribution is 6.30. The van der Waals surface area contributed by atoms with Gasteiger partial charge in [0.2, 0.25) is 0 Å². The van der Waals surface area contributed by atoms with E-state index in [2.05, 4.69) is 5.32 Å². The molecule has 0 aromatic heterocycles. The minimum Gasteiger partial charge on any atom is -0.317 e. The van der Waals surface area contributed by atoms with Crippen LogP contribution in [-0.2, 0) is 6.42 Å². The van der Waals surface area contributed by atoms with Gasteiger partial charge < -0.3 is 5.32 Å². The van der Waals surface area contributed by atoms with Crippen molar-refractivity contribution in [3.63, 3.8) is 0 Å². The smallest absolute Gasteiger partial charge is 0.124 e. The maximum absolute atomic E-state index is 12.8. The fourth-order valence-electron chi connectivity index (χ4n) is 1.16. The molecule has 0 fully saturated rings. The molecular weight excluding hydrogens is 189 g/mol. The van der Waals surface area contributed by atoms with Crippen molar-refractivity contribution in [3.8, 4) is 0 Å². The van der Waals surface area contributed by atoms with Crippen molar-refractivity contribution in [3.05, 3.63) is 34.6 Å². The third-order valence-electron chi connectivity index (χ3n) is 1.76. The highest BCUT2D eigenvalue weighted by Gasteiger charge is 1.98. The molecule has 0 unspecified atom stereocenters. The van der Waals surface area contributed by atoms with Crippen LogP contribution < -0.4 is 5.32 Å². The largest absolute Gasteiger partial charge is 0.317 e. The van der Waals surface area contributed by atoms with Crippen LogP contribution in [0.15, 0.2) is 18.2 Å². The van der Waals surface area contributed by atoms with Crippen LogP contribution in [-0.4, -0.2) is 13.1 Å². The molecular formula is C10H13ClFN. The first kappa shape index (κ1) is 10.5. The molecule has 3 heteroatoms. The molecule has 1 aromatic rings. The number of benzene rings is 1. The van der Waals surface area contributed by atoms with Crippen molar-refractivity contribution in [2.24, 2.45) is 0 Å². The van der Waals surface area contributed by atoms with Crippen molar-refractivity contribution < 1.29 is 4.39 Å². The Labute approximate surface area is 82.9 Å². The zero-order valence-electron chi connectivity index (χ0n) is 7.61. The van der Waals surface area contributed by atoms with Crippen LogP contribution in [0.2, 0.25) is 5.02 Å². The number of likely N-dealkylation sites (N-methyl/N-ethyl adjacent to an activating group) is 1. The molecule has 0 saturated heterocycles. The van der Waals surface area contributed by atoms with Crippen LogP contribution in [0.4, 0.5) is 4.39 Å². The molecule has 0 bridgehead atoms. The van der Waals surface area contributed by atoms with Gasteiger partial charge in [0.05, 0.1) is 0 Å². The number of hydrogen-bond donors (Lipinski definition) is 1. The average Bonchev–Trinajstić information content (AvgIpc) is 2.03. The quantitative estimate of drug-likeness (QED) is 0.739. The van der Waals surface area contributed by atoms with Gasteiger partial charge in [0.15, 0.2) is 0 Å². The molecule has 1 nitrogen and oxygen atoms in total. The molecule has 0 atom stereocenters. The first-order valence-electron chi connectivity index (χ1n) is 4.38. The van der Waals surface area contributed by atoms with E-state index in [-0.39, 0.29) is 5.82 Å². The lowest BCUT2D eigenvalue weighted by molar-refractivity contribution is 0.623. The fourth-order valence-corrected chi connectivity index (χ4v) is 1.41. The van der Waals surface area contributed by atoms with Gasteiger partial charge in [0, 0.05) is 5.02 Å². The topological polar surface area (TPSA) is 12.0 Å². The second-order valence-electron chi connectivity index (χ2n) is 2.88. The average molecular weight is 202 g/mol. The van der Waals surface area contributed by atoms with Gasteiger partial charge in [-0.05, 0) is 43.3 Å². The van der Waals surface area contributed by atoms with Crippen molar-refractivity contribution >= 4 is 11.6 Å². The van der Waals surface area contributed by atoms with Crippen molar-refractivity contribution in [2.75, 3.05) is 13.1 Å². The van der Waals surface area contributed by atoms with Crippen LogP contribution in [0.25, 0.3) is 0 Å². The highest BCUT2D eigenvalue weighted by Crippen LogP contribution is 2.14. The van der Waals surface area contributed by atoms with E-state index in [1.165, 1.54) is 12.1 Å². The molecule has 72 valence electrons. The maximum atomic E-state index is 12.8. The lowest BCUT2D eigenvalue weighted by Crippen LogP contribution is -2.16. The van der Waals surface area contributed by atoms with Gasteiger partial charge in [-0.3, -0.25) is 0 Å². The Hall–Kier alpha value is -0.600. The summed E-state index contributed by atoms with van der Waals surface area (Å²) in [6.07, 6.45) is 0.811. The molecule has 0 radical (unpaired) electrons. The highest BCUT2D eigenvalue weighted by atomic mass is 35.5. The fraction of sp³-hybridized carbons (Fsp3) is 0.400. The van der Waals surface area contributed by atoms with E-state index in [1.54, 1.807) is 6.07 Å². The number of halogens is 2. The molecule has 1 aromatic carbocycles. The first-order chi connectivity index (χ1) is 6.22. The summed E-state index contributed by atoms with van der Waals surface area (Å²) in [7, 11) is 0. The van der Waals surface area contributed by atoms with E-state index in [0.717, 1.165) is 25.1 Å². The number of nitrogens with one attached hydrogen (secondary N) is 1. The van der Waals surface area contributed by atoms with Crippen molar-refractivity contribution in [2.45, 2.75) is 13.3 Å². The predicted molar refractivity (Wildman–Crippen MR) is 53.7 cm³/mol. The van der Waals surface area contributed by atoms with E-state index in [4.69, 9.17) is 11.6 Å². The molecule has 0 aliphatic carbocycles. The summed E-state index contributed by atoms with van der Waals surface area (Å²) in [4.78, 5) is 0. The van der Waals surface area contributed by atoms with E-state index in [0.29, 0.717) is 5.02 Å². The summed E-state index contributed by atoms with van der Waals surface area (Å²) in [6, 6.07) is 4.63. The van der Waals surface area contributed by atoms with Crippen LogP contribution in [0.1, 0.15) is 12.5 Å². The zero-order chi connectivity index (χ0) is 9.68. The van der Waals surface area contributed by atoms with E-state index in [9.17, 15) is 4.39 Å². The summed E-state index contributed by atoms with van der Waals surface area (Å²) in [5, 5.41) is 3.63. The second kappa shape index (κ2) is 5.20. The minimum atomic E-state index is -0.265. The molecule has 13 heavy (non-hydrogen) atoms. The molecule has 1 rings (SSSR count). The summed E-state index contributed by atoms with van der Waals surface area (Å²) in [5.41, 5.74) is 0.936. The lowest BCUT2D eigenvalue weighted by Gasteiger charge is -2.02. The standard InChI is InChI=1S/C10H13ClFN/c1-2-13-4-3-8-5-9(11)7-10(12)6-8/h5-7,13H,2-4H2,1H3. The molecule has 0 aliphatic rings. The Morgan fingerprint density at radius 3 is 2.77 bits per heavy atom. The van der Waals surface area contributed by atoms with Gasteiger partial charge in [0.25, 0.3) is 0 Å². The molecule has 1 N–H and O–H groups in total. The minimum absolute atomic E-state index is 0.265. The van der Waals surface area contributed by atoms with Crippen LogP contribution in [0.3, 0.4) is 0 Å². The van der Waals surface area contributed by atoms with Gasteiger partial charge in [-0.15, -0.1) is 0 Å². The Morgan fingerprint density at radius 2 is 2.15 bits per heavy atom. The van der Waals surface area contributed by atoms with E-state index < -0.39 is 0 Å². The van der Waals surface area contributed by atoms with Gasteiger partial charge in [-0.25, -0.2) is 4.39 Å². The number of hydrogen-bond acceptors (Lipinski definition) is 1. The third-order valence-corrected chi connectivity index (χ3v) is 1.98. The van der Waals surface area contributed by atoms with Crippen molar-refractivity contribution in [1.29, 1.82) is 0 Å². The SMILES string of the molecule is CCNCCc1cc(F)cc(Cl)c1. The zero-order valence-corrected chi connectivity index (χ0v) is 8.37. The summed E-state index contributed by atoms with van der Waals surface area (Å²) in [6.45, 7) is 3.83. The van der Waals surface area contributed by atoms with Crippen molar-refractivity contribution in [1.82, 2.24) is 5.32 Å². The Balaban J connectivity index is 2.56. The second-order valence-corrected chi connectivity index (χ2v) is 3.32. The van der Waals surface area contributed by atoms with Crippen LogP contribution >= 0.6 is 11.6 Å². The Kier molecular flexibility index (Phi) is 4.19. The summed E-state index contributed by atoms with van der Waals surface area (Å²) < 4.78 is 12.8. The third kappa shape index (κ3) is 3.75. The summed E-state index contributed by atoms with van der Waals surface area (Å²) >= 11 is 5.70. The van der Waals surface area contributed by atoms with E-state index in [1.807, 2.05) is 6.92 Å². The van der Waals surface area contributed by atoms with Gasteiger partial charge in [-0.1, -0.05) is 18.5 Å². The van der Waals surface area contributed by atoms with Crippen LogP contribution in [0, 0.1) is 5.82 Å². The number of rotatable bonds is 4.